The van der Waals surface area contributed by atoms with Crippen molar-refractivity contribution in [1.29, 1.82) is 0 Å². The molecule has 0 unspecified atom stereocenters. The molecular formula is C18H14N2O2S. The number of carboxylic acids is 1. The summed E-state index contributed by atoms with van der Waals surface area (Å²) in [4.78, 5) is 20.3. The third kappa shape index (κ3) is 3.76. The number of nitrogens with zero attached hydrogens (tertiary/aromatic N) is 2. The fourth-order valence-electron chi connectivity index (χ4n) is 2.16. The van der Waals surface area contributed by atoms with Gasteiger partial charge in [-0.25, -0.2) is 9.97 Å². The molecule has 0 saturated heterocycles. The van der Waals surface area contributed by atoms with E-state index in [1.54, 1.807) is 18.3 Å². The molecule has 1 heterocycles. The molecule has 0 fully saturated rings. The highest BCUT2D eigenvalue weighted by Gasteiger charge is 2.22. The summed E-state index contributed by atoms with van der Waals surface area (Å²) in [6, 6.07) is 20.7. The topological polar surface area (TPSA) is 63.1 Å². The summed E-state index contributed by atoms with van der Waals surface area (Å²) in [5, 5.41) is 9.21. The lowest BCUT2D eigenvalue weighted by Crippen LogP contribution is -2.08. The number of rotatable bonds is 5. The number of carboxylic acid groups (broad SMARTS) is 1. The molecule has 0 radical (unpaired) electrons. The lowest BCUT2D eigenvalue weighted by Gasteiger charge is -2.11. The van der Waals surface area contributed by atoms with Crippen molar-refractivity contribution >= 4 is 17.7 Å². The molecule has 0 aliphatic rings. The fraction of sp³-hybridized carbons (Fsp3) is 0.0556. The lowest BCUT2D eigenvalue weighted by molar-refractivity contribution is -0.136. The minimum Gasteiger partial charge on any atom is -0.480 e. The van der Waals surface area contributed by atoms with Gasteiger partial charge in [0.25, 0.3) is 0 Å². The zero-order valence-corrected chi connectivity index (χ0v) is 13.0. The van der Waals surface area contributed by atoms with Gasteiger partial charge in [-0.3, -0.25) is 4.79 Å². The molecule has 0 saturated carbocycles. The summed E-state index contributed by atoms with van der Waals surface area (Å²) in [5.41, 5.74) is 2.47. The van der Waals surface area contributed by atoms with Gasteiger partial charge in [0.2, 0.25) is 0 Å². The van der Waals surface area contributed by atoms with E-state index < -0.39 is 11.2 Å². The Morgan fingerprint density at radius 3 is 2.26 bits per heavy atom. The quantitative estimate of drug-likeness (QED) is 0.567. The molecule has 3 aromatic rings. The predicted molar refractivity (Wildman–Crippen MR) is 90.1 cm³/mol. The van der Waals surface area contributed by atoms with Gasteiger partial charge in [-0.2, -0.15) is 0 Å². The van der Waals surface area contributed by atoms with Crippen LogP contribution in [0.4, 0.5) is 0 Å². The maximum Gasteiger partial charge on any atom is 0.321 e. The SMILES string of the molecule is O=C(O)[C@H](Sc1nccc(-c2ccccc2)n1)c1ccccc1. The van der Waals surface area contributed by atoms with Gasteiger partial charge >= 0.3 is 5.97 Å². The van der Waals surface area contributed by atoms with E-state index in [9.17, 15) is 9.90 Å². The summed E-state index contributed by atoms with van der Waals surface area (Å²) in [6.07, 6.45) is 1.65. The van der Waals surface area contributed by atoms with Crippen LogP contribution in [0.1, 0.15) is 10.8 Å². The first-order valence-electron chi connectivity index (χ1n) is 7.07. The summed E-state index contributed by atoms with van der Waals surface area (Å²) in [6.45, 7) is 0. The smallest absolute Gasteiger partial charge is 0.321 e. The maximum atomic E-state index is 11.6. The van der Waals surface area contributed by atoms with Gasteiger partial charge in [0.1, 0.15) is 5.25 Å². The van der Waals surface area contributed by atoms with Crippen LogP contribution in [0.5, 0.6) is 0 Å². The fourth-order valence-corrected chi connectivity index (χ4v) is 3.04. The van der Waals surface area contributed by atoms with Crippen molar-refractivity contribution in [3.63, 3.8) is 0 Å². The van der Waals surface area contributed by atoms with Gasteiger partial charge in [0.05, 0.1) is 5.69 Å². The van der Waals surface area contributed by atoms with Crippen LogP contribution < -0.4 is 0 Å². The maximum absolute atomic E-state index is 11.6. The molecule has 0 spiro atoms. The Bertz CT molecular complexity index is 794. The van der Waals surface area contributed by atoms with Crippen LogP contribution in [-0.4, -0.2) is 21.0 Å². The van der Waals surface area contributed by atoms with Crippen LogP contribution in [-0.2, 0) is 4.79 Å². The van der Waals surface area contributed by atoms with Crippen molar-refractivity contribution in [2.24, 2.45) is 0 Å². The molecule has 0 aliphatic carbocycles. The van der Waals surface area contributed by atoms with Crippen molar-refractivity contribution in [3.05, 3.63) is 78.5 Å². The average Bonchev–Trinajstić information content (AvgIpc) is 2.61. The van der Waals surface area contributed by atoms with E-state index in [0.29, 0.717) is 5.16 Å². The van der Waals surface area contributed by atoms with E-state index in [2.05, 4.69) is 9.97 Å². The average molecular weight is 322 g/mol. The van der Waals surface area contributed by atoms with Gasteiger partial charge in [0, 0.05) is 11.8 Å². The molecule has 114 valence electrons. The number of thioether (sulfide) groups is 1. The Labute approximate surface area is 138 Å². The Balaban J connectivity index is 1.88. The molecular weight excluding hydrogens is 308 g/mol. The zero-order valence-electron chi connectivity index (χ0n) is 12.2. The van der Waals surface area contributed by atoms with E-state index in [4.69, 9.17) is 0 Å². The van der Waals surface area contributed by atoms with Crippen molar-refractivity contribution in [1.82, 2.24) is 9.97 Å². The second-order valence-electron chi connectivity index (χ2n) is 4.84. The molecule has 5 heteroatoms. The number of hydrogen-bond acceptors (Lipinski definition) is 4. The molecule has 1 aromatic heterocycles. The number of aliphatic carboxylic acids is 1. The van der Waals surface area contributed by atoms with E-state index >= 15 is 0 Å². The van der Waals surface area contributed by atoms with Crippen LogP contribution >= 0.6 is 11.8 Å². The Morgan fingerprint density at radius 1 is 0.957 bits per heavy atom. The third-order valence-electron chi connectivity index (χ3n) is 3.25. The van der Waals surface area contributed by atoms with E-state index in [1.165, 1.54) is 0 Å². The van der Waals surface area contributed by atoms with Crippen LogP contribution in [0, 0.1) is 0 Å². The molecule has 0 bridgehead atoms. The Kier molecular flexibility index (Phi) is 4.68. The second-order valence-corrected chi connectivity index (χ2v) is 5.91. The number of hydrogen-bond donors (Lipinski definition) is 1. The molecule has 1 N–H and O–H groups in total. The van der Waals surface area contributed by atoms with Gasteiger partial charge in [-0.15, -0.1) is 0 Å². The van der Waals surface area contributed by atoms with Crippen molar-refractivity contribution in [2.45, 2.75) is 10.4 Å². The molecule has 1 atom stereocenters. The third-order valence-corrected chi connectivity index (χ3v) is 4.37. The predicted octanol–water partition coefficient (Wildman–Crippen LogP) is 4.06. The van der Waals surface area contributed by atoms with E-state index in [-0.39, 0.29) is 0 Å². The van der Waals surface area contributed by atoms with Crippen molar-refractivity contribution < 1.29 is 9.90 Å². The van der Waals surface area contributed by atoms with Gasteiger partial charge in [-0.1, -0.05) is 72.4 Å². The molecule has 0 aliphatic heterocycles. The van der Waals surface area contributed by atoms with E-state index in [1.807, 2.05) is 54.6 Å². The number of carbonyl (C=O) groups is 1. The van der Waals surface area contributed by atoms with E-state index in [0.717, 1.165) is 28.6 Å². The Hall–Kier alpha value is -2.66. The van der Waals surface area contributed by atoms with Gasteiger partial charge in [0.15, 0.2) is 5.16 Å². The monoisotopic (exact) mass is 322 g/mol. The summed E-state index contributed by atoms with van der Waals surface area (Å²) in [5.74, 6) is -0.907. The Morgan fingerprint density at radius 2 is 1.61 bits per heavy atom. The highest BCUT2D eigenvalue weighted by atomic mass is 32.2. The van der Waals surface area contributed by atoms with Gasteiger partial charge < -0.3 is 5.11 Å². The van der Waals surface area contributed by atoms with Crippen LogP contribution in [0.15, 0.2) is 78.1 Å². The minimum atomic E-state index is -0.907. The molecule has 2 aromatic carbocycles. The van der Waals surface area contributed by atoms with Crippen LogP contribution in [0.25, 0.3) is 11.3 Å². The summed E-state index contributed by atoms with van der Waals surface area (Å²) < 4.78 is 0. The highest BCUT2D eigenvalue weighted by molar-refractivity contribution is 8.00. The lowest BCUT2D eigenvalue weighted by atomic mass is 10.1. The van der Waals surface area contributed by atoms with Crippen LogP contribution in [0.3, 0.4) is 0 Å². The first-order chi connectivity index (χ1) is 11.2. The highest BCUT2D eigenvalue weighted by Crippen LogP contribution is 2.34. The largest absolute Gasteiger partial charge is 0.480 e. The van der Waals surface area contributed by atoms with Crippen LogP contribution in [0.2, 0.25) is 0 Å². The number of benzene rings is 2. The standard InChI is InChI=1S/C18H14N2O2S/c21-17(22)16(14-9-5-2-6-10-14)23-18-19-12-11-15(20-18)13-7-3-1-4-8-13/h1-12,16H,(H,21,22)/t16-/m1/s1. The number of aromatic nitrogens is 2. The minimum absolute atomic E-state index is 0.447. The first kappa shape index (κ1) is 15.2. The normalized spacial score (nSPS) is 11.8. The summed E-state index contributed by atoms with van der Waals surface area (Å²) >= 11 is 1.14. The first-order valence-corrected chi connectivity index (χ1v) is 7.95. The second kappa shape index (κ2) is 7.07. The summed E-state index contributed by atoms with van der Waals surface area (Å²) in [7, 11) is 0. The molecule has 23 heavy (non-hydrogen) atoms. The zero-order chi connectivity index (χ0) is 16.1. The molecule has 0 amide bonds. The van der Waals surface area contributed by atoms with Crippen molar-refractivity contribution in [2.75, 3.05) is 0 Å². The van der Waals surface area contributed by atoms with Gasteiger partial charge in [-0.05, 0) is 11.6 Å². The molecule has 4 nitrogen and oxygen atoms in total. The van der Waals surface area contributed by atoms with Crippen molar-refractivity contribution in [3.8, 4) is 11.3 Å². The molecule has 3 rings (SSSR count).